The Labute approximate surface area is 394 Å². The molecule has 4 bridgehead atoms. The van der Waals surface area contributed by atoms with Crippen LogP contribution in [0.2, 0.25) is 0 Å². The molecule has 0 radical (unpaired) electrons. The molecule has 0 aromatic rings. The van der Waals surface area contributed by atoms with E-state index in [9.17, 15) is 28.8 Å². The molecule has 7 rings (SSSR count). The topological polar surface area (TPSA) is 149 Å². The van der Waals surface area contributed by atoms with E-state index in [1.165, 1.54) is 51.4 Å². The van der Waals surface area contributed by atoms with Gasteiger partial charge in [0.1, 0.15) is 35.3 Å². The Hall–Kier alpha value is -2.98. The number of carbonyl (C=O) groups is 6. The average Bonchev–Trinajstić information content (AvgIpc) is 3.85. The number of cyclic esters (lactones) is 1. The van der Waals surface area contributed by atoms with Crippen molar-refractivity contribution in [2.75, 3.05) is 6.61 Å². The highest BCUT2D eigenvalue weighted by molar-refractivity contribution is 5.80. The molecule has 1 saturated heterocycles. The Bertz CT molecular complexity index is 1610. The molecule has 11 heteroatoms. The van der Waals surface area contributed by atoms with E-state index in [1.807, 2.05) is 83.1 Å². The quantitative estimate of drug-likeness (QED) is 0.128. The van der Waals surface area contributed by atoms with Crippen molar-refractivity contribution >= 4 is 35.6 Å². The van der Waals surface area contributed by atoms with Crippen molar-refractivity contribution in [2.45, 2.75) is 256 Å². The summed E-state index contributed by atoms with van der Waals surface area (Å²) in [7, 11) is 0. The maximum atomic E-state index is 12.6. The molecule has 6 aliphatic carbocycles. The lowest BCUT2D eigenvalue weighted by Gasteiger charge is -2.61. The summed E-state index contributed by atoms with van der Waals surface area (Å²) in [6.07, 6.45) is 17.9. The third-order valence-electron chi connectivity index (χ3n) is 16.7. The van der Waals surface area contributed by atoms with Crippen molar-refractivity contribution in [2.24, 2.45) is 44.8 Å². The molecule has 7 aliphatic rings. The fourth-order valence-corrected chi connectivity index (χ4v) is 9.89. The molecule has 6 saturated carbocycles. The predicted molar refractivity (Wildman–Crippen MR) is 253 cm³/mol. The minimum absolute atomic E-state index is 0.00857. The first-order chi connectivity index (χ1) is 29.8. The monoisotopic (exact) mass is 917 g/mol. The van der Waals surface area contributed by atoms with Crippen LogP contribution in [0.5, 0.6) is 0 Å². The van der Waals surface area contributed by atoms with Crippen molar-refractivity contribution in [3.8, 4) is 0 Å². The summed E-state index contributed by atoms with van der Waals surface area (Å²) in [5.74, 6) is 2.22. The van der Waals surface area contributed by atoms with Crippen LogP contribution in [0.15, 0.2) is 0 Å². The van der Waals surface area contributed by atoms with Crippen molar-refractivity contribution in [3.05, 3.63) is 0 Å². The molecule has 11 nitrogen and oxygen atoms in total. The Morgan fingerprint density at radius 2 is 0.938 bits per heavy atom. The largest absolute Gasteiger partial charge is 0.462 e. The predicted octanol–water partition coefficient (Wildman–Crippen LogP) is 12.4. The van der Waals surface area contributed by atoms with Crippen LogP contribution >= 0.6 is 0 Å². The highest BCUT2D eigenvalue weighted by Gasteiger charge is 2.59. The summed E-state index contributed by atoms with van der Waals surface area (Å²) in [6, 6.07) is 0. The van der Waals surface area contributed by atoms with Crippen LogP contribution < -0.4 is 0 Å². The number of hydrogen-bond acceptors (Lipinski definition) is 11. The van der Waals surface area contributed by atoms with Gasteiger partial charge in [-0.3, -0.25) is 28.8 Å². The number of carbonyl (C=O) groups excluding carboxylic acids is 6. The first-order valence-corrected chi connectivity index (χ1v) is 25.4. The van der Waals surface area contributed by atoms with Gasteiger partial charge >= 0.3 is 29.8 Å². The van der Waals surface area contributed by atoms with E-state index in [-0.39, 0.29) is 82.2 Å². The fraction of sp³-hybridized carbons (Fsp3) is 0.889. The molecule has 0 N–H and O–H groups in total. The Morgan fingerprint density at radius 1 is 0.569 bits per heavy atom. The first kappa shape index (κ1) is 56.3. The number of rotatable bonds is 13. The molecule has 7 fully saturated rings. The zero-order valence-corrected chi connectivity index (χ0v) is 43.9. The van der Waals surface area contributed by atoms with Crippen LogP contribution in [0.3, 0.4) is 0 Å². The number of ketones is 1. The van der Waals surface area contributed by atoms with Gasteiger partial charge in [-0.15, -0.1) is 0 Å². The van der Waals surface area contributed by atoms with Gasteiger partial charge in [-0.2, -0.15) is 0 Å². The van der Waals surface area contributed by atoms with E-state index >= 15 is 0 Å². The van der Waals surface area contributed by atoms with Gasteiger partial charge in [0.25, 0.3) is 0 Å². The van der Waals surface area contributed by atoms with E-state index in [0.29, 0.717) is 32.1 Å². The maximum Gasteiger partial charge on any atom is 0.312 e. The number of esters is 5. The highest BCUT2D eigenvalue weighted by atomic mass is 16.6. The fourth-order valence-electron chi connectivity index (χ4n) is 9.89. The molecular weight excluding hydrogens is 825 g/mol. The molecule has 0 spiro atoms. The highest BCUT2D eigenvalue weighted by Crippen LogP contribution is 2.64. The minimum atomic E-state index is -0.481. The van der Waals surface area contributed by atoms with Gasteiger partial charge in [0.2, 0.25) is 0 Å². The van der Waals surface area contributed by atoms with Crippen LogP contribution in [0.1, 0.15) is 233 Å². The molecule has 1 aliphatic heterocycles. The Morgan fingerprint density at radius 3 is 1.31 bits per heavy atom. The van der Waals surface area contributed by atoms with Crippen LogP contribution in [0.25, 0.3) is 0 Å². The third kappa shape index (κ3) is 15.3. The van der Waals surface area contributed by atoms with E-state index in [0.717, 1.165) is 49.9 Å². The van der Waals surface area contributed by atoms with Crippen molar-refractivity contribution < 1.29 is 52.5 Å². The van der Waals surface area contributed by atoms with Gasteiger partial charge < -0.3 is 23.7 Å². The van der Waals surface area contributed by atoms with Gasteiger partial charge in [0, 0.05) is 18.3 Å². The van der Waals surface area contributed by atoms with E-state index < -0.39 is 16.4 Å². The van der Waals surface area contributed by atoms with Gasteiger partial charge in [0.05, 0.1) is 28.1 Å². The molecule has 65 heavy (non-hydrogen) atoms. The lowest BCUT2D eigenvalue weighted by Crippen LogP contribution is -2.58. The van der Waals surface area contributed by atoms with Crippen LogP contribution in [0.4, 0.5) is 0 Å². The van der Waals surface area contributed by atoms with Crippen LogP contribution in [-0.2, 0) is 52.5 Å². The standard InChI is InChI=1S/C19H32O2.C13H22O3.C12H22O2.C10H16O4/c1-6-17(2,3)16(20)21-18(4,5)19-10-13-7-14(11-19)9-15(8-13)12-19;1-5-12(2,3)11(15)16-13(4)8-6-10(14)7-9-13;1-5-11(2,3)10(13)14-12(4)8-6-7-9-12;1-4-10(2,3)9(12)14-7-5-8(11)13-6-7/h13-15H,6-12H2,1-5H3;5-9H2,1-4H3;5-9H2,1-4H3;7H,4-6H2,1-3H3. The van der Waals surface area contributed by atoms with Gasteiger partial charge in [-0.1, -0.05) is 27.7 Å². The zero-order chi connectivity index (χ0) is 49.5. The second kappa shape index (κ2) is 22.0. The van der Waals surface area contributed by atoms with Crippen molar-refractivity contribution in [1.29, 1.82) is 0 Å². The van der Waals surface area contributed by atoms with Crippen molar-refractivity contribution in [3.63, 3.8) is 0 Å². The molecule has 0 aromatic carbocycles. The molecular formula is C54H92O11. The second-order valence-corrected chi connectivity index (χ2v) is 24.4. The van der Waals surface area contributed by atoms with Gasteiger partial charge in [-0.25, -0.2) is 0 Å². The lowest BCUT2D eigenvalue weighted by molar-refractivity contribution is -0.206. The summed E-state index contributed by atoms with van der Waals surface area (Å²) in [5.41, 5.74) is -2.27. The molecule has 1 heterocycles. The average molecular weight is 917 g/mol. The number of ether oxygens (including phenoxy) is 5. The van der Waals surface area contributed by atoms with E-state index in [1.54, 1.807) is 0 Å². The first-order valence-electron chi connectivity index (χ1n) is 25.4. The second-order valence-electron chi connectivity index (χ2n) is 24.4. The smallest absolute Gasteiger partial charge is 0.312 e. The molecule has 0 amide bonds. The molecule has 1 unspecified atom stereocenters. The summed E-state index contributed by atoms with van der Waals surface area (Å²) >= 11 is 0. The third-order valence-corrected chi connectivity index (χ3v) is 16.7. The molecule has 0 aromatic heterocycles. The lowest BCUT2D eigenvalue weighted by atomic mass is 9.46. The SMILES string of the molecule is CCC(C)(C)C(=O)OC(C)(C)C12CC3CC(CC(C3)C1)C2.CCC(C)(C)C(=O)OC1(C)CCC(=O)CC1.CCC(C)(C)C(=O)OC1(C)CCCC1.CCC(C)(C)C(=O)OC1COC(=O)C1. The van der Waals surface area contributed by atoms with E-state index in [4.69, 9.17) is 23.7 Å². The number of hydrogen-bond donors (Lipinski definition) is 0. The maximum absolute atomic E-state index is 12.6. The minimum Gasteiger partial charge on any atom is -0.462 e. The summed E-state index contributed by atoms with van der Waals surface area (Å²) < 4.78 is 27.2. The van der Waals surface area contributed by atoms with Crippen LogP contribution in [0, 0.1) is 44.8 Å². The summed E-state index contributed by atoms with van der Waals surface area (Å²) in [4.78, 5) is 69.8. The van der Waals surface area contributed by atoms with Gasteiger partial charge in [0.15, 0.2) is 0 Å². The van der Waals surface area contributed by atoms with Gasteiger partial charge in [-0.05, 0) is 204 Å². The molecule has 374 valence electrons. The Kier molecular flexibility index (Phi) is 19.0. The zero-order valence-electron chi connectivity index (χ0n) is 43.9. The summed E-state index contributed by atoms with van der Waals surface area (Å²) in [5, 5.41) is 0. The summed E-state index contributed by atoms with van der Waals surface area (Å²) in [6.45, 7) is 31.9. The Balaban J connectivity index is 0.000000234. The van der Waals surface area contributed by atoms with E-state index in [2.05, 4.69) is 27.7 Å². The normalized spacial score (nSPS) is 26.8. The molecule has 1 atom stereocenters. The van der Waals surface area contributed by atoms with Crippen molar-refractivity contribution in [1.82, 2.24) is 0 Å². The van der Waals surface area contributed by atoms with Crippen LogP contribution in [-0.4, -0.2) is 65.1 Å². The number of Topliss-reactive ketones (excluding diaryl/α,β-unsaturated/α-hetero) is 1.